The summed E-state index contributed by atoms with van der Waals surface area (Å²) < 4.78 is 56.3. The van der Waals surface area contributed by atoms with E-state index < -0.39 is 37.1 Å². The van der Waals surface area contributed by atoms with Crippen molar-refractivity contribution in [1.82, 2.24) is 19.9 Å². The van der Waals surface area contributed by atoms with Gasteiger partial charge in [-0.1, -0.05) is 18.2 Å². The van der Waals surface area contributed by atoms with Crippen LogP contribution in [0.5, 0.6) is 0 Å². The van der Waals surface area contributed by atoms with E-state index >= 15 is 0 Å². The zero-order valence-electron chi connectivity index (χ0n) is 18.8. The molecule has 0 saturated carbocycles. The molecule has 1 aromatic carbocycles. The quantitative estimate of drug-likeness (QED) is 0.433. The number of nitrogens with zero attached hydrogens (tertiary/aromatic N) is 4. The minimum atomic E-state index is -3.50. The van der Waals surface area contributed by atoms with Crippen LogP contribution in [0.15, 0.2) is 30.5 Å². The lowest BCUT2D eigenvalue weighted by Gasteiger charge is -2.30. The minimum Gasteiger partial charge on any atom is -0.465 e. The van der Waals surface area contributed by atoms with Gasteiger partial charge in [0.2, 0.25) is 0 Å². The van der Waals surface area contributed by atoms with Crippen LogP contribution in [0.3, 0.4) is 0 Å². The second-order valence-corrected chi connectivity index (χ2v) is 11.5. The maximum absolute atomic E-state index is 14.8. The number of hydrogen-bond acceptors (Lipinski definition) is 7. The number of nitrogens with two attached hydrogens (primary N) is 1. The molecule has 1 aliphatic rings. The fourth-order valence-electron chi connectivity index (χ4n) is 3.99. The van der Waals surface area contributed by atoms with E-state index in [9.17, 15) is 22.5 Å². The Morgan fingerprint density at radius 3 is 2.66 bits per heavy atom. The Morgan fingerprint density at radius 1 is 1.29 bits per heavy atom. The van der Waals surface area contributed by atoms with Crippen LogP contribution in [0.25, 0.3) is 10.9 Å². The molecule has 0 radical (unpaired) electrons. The largest absolute Gasteiger partial charge is 0.465 e. The van der Waals surface area contributed by atoms with Gasteiger partial charge in [0, 0.05) is 42.9 Å². The summed E-state index contributed by atoms with van der Waals surface area (Å²) in [4.78, 5) is 25.4. The summed E-state index contributed by atoms with van der Waals surface area (Å²) in [6, 6.07) is 5.32. The summed E-state index contributed by atoms with van der Waals surface area (Å²) in [5, 5.41) is 12.6. The number of halogens is 3. The number of amides is 1. The molecule has 1 saturated heterocycles. The first-order chi connectivity index (χ1) is 16.5. The number of anilines is 1. The van der Waals surface area contributed by atoms with Crippen molar-refractivity contribution in [2.24, 2.45) is 5.73 Å². The van der Waals surface area contributed by atoms with E-state index in [-0.39, 0.29) is 37.5 Å². The average Bonchev–Trinajstić information content (AvgIpc) is 2.83. The molecule has 1 fully saturated rings. The van der Waals surface area contributed by atoms with E-state index in [1.54, 1.807) is 13.0 Å². The highest BCUT2D eigenvalue weighted by Crippen LogP contribution is 2.46. The number of benzene rings is 1. The van der Waals surface area contributed by atoms with Crippen LogP contribution in [0.2, 0.25) is 0 Å². The van der Waals surface area contributed by atoms with Crippen molar-refractivity contribution in [2.75, 3.05) is 37.3 Å². The predicted molar refractivity (Wildman–Crippen MR) is 125 cm³/mol. The van der Waals surface area contributed by atoms with Gasteiger partial charge in [0.1, 0.15) is 30.0 Å². The molecule has 1 aliphatic heterocycles. The highest BCUT2D eigenvalue weighted by molar-refractivity contribution is 7.71. The second kappa shape index (κ2) is 9.43. The molecule has 3 heterocycles. The molecule has 9 nitrogen and oxygen atoms in total. The van der Waals surface area contributed by atoms with Crippen molar-refractivity contribution in [3.8, 4) is 0 Å². The van der Waals surface area contributed by atoms with Crippen molar-refractivity contribution in [3.05, 3.63) is 53.2 Å². The fraction of sp³-hybridized carbons (Fsp3) is 0.364. The molecular formula is C22H24F3N6O3P. The Kier molecular flexibility index (Phi) is 6.70. The summed E-state index contributed by atoms with van der Waals surface area (Å²) in [5.74, 6) is -3.84. The van der Waals surface area contributed by atoms with Crippen LogP contribution < -0.4 is 16.5 Å². The van der Waals surface area contributed by atoms with Gasteiger partial charge in [0.15, 0.2) is 0 Å². The van der Waals surface area contributed by atoms with Gasteiger partial charge in [-0.15, -0.1) is 0 Å². The molecule has 186 valence electrons. The molecular weight excluding hydrogens is 484 g/mol. The number of aryl methyl sites for hydroxylation is 1. The number of fused-ring (bicyclic) bond motifs is 1. The second-order valence-electron chi connectivity index (χ2n) is 8.33. The van der Waals surface area contributed by atoms with E-state index in [0.29, 0.717) is 28.0 Å². The molecule has 35 heavy (non-hydrogen) atoms. The summed E-state index contributed by atoms with van der Waals surface area (Å²) >= 11 is 0. The Bertz CT molecular complexity index is 1330. The SMILES string of the molecule is Cc1nc(NCc2cccc(C(F)(F)CN)c2F)c2cc(P3(=O)CCN(C(=O)O)CC3)ncc2n1. The van der Waals surface area contributed by atoms with Crippen molar-refractivity contribution < 1.29 is 27.6 Å². The summed E-state index contributed by atoms with van der Waals surface area (Å²) in [5.41, 5.74) is 5.12. The minimum absolute atomic E-state index is 0.00292. The summed E-state index contributed by atoms with van der Waals surface area (Å²) in [7, 11) is -2.95. The van der Waals surface area contributed by atoms with E-state index in [1.165, 1.54) is 23.2 Å². The van der Waals surface area contributed by atoms with Gasteiger partial charge >= 0.3 is 6.09 Å². The smallest absolute Gasteiger partial charge is 0.407 e. The molecule has 0 bridgehead atoms. The molecule has 0 spiro atoms. The van der Waals surface area contributed by atoms with Crippen LogP contribution in [-0.2, 0) is 17.0 Å². The molecule has 3 aromatic rings. The van der Waals surface area contributed by atoms with Crippen molar-refractivity contribution in [1.29, 1.82) is 0 Å². The van der Waals surface area contributed by atoms with Gasteiger partial charge in [-0.3, -0.25) is 4.98 Å². The fourth-order valence-corrected chi connectivity index (χ4v) is 6.43. The number of hydrogen-bond donors (Lipinski definition) is 3. The van der Waals surface area contributed by atoms with Gasteiger partial charge in [-0.05, 0) is 13.0 Å². The third-order valence-electron chi connectivity index (χ3n) is 6.01. The zero-order chi connectivity index (χ0) is 25.4. The van der Waals surface area contributed by atoms with Crippen molar-refractivity contribution in [3.63, 3.8) is 0 Å². The first-order valence-corrected chi connectivity index (χ1v) is 12.9. The normalized spacial score (nSPS) is 15.9. The lowest BCUT2D eigenvalue weighted by molar-refractivity contribution is 0.00224. The van der Waals surface area contributed by atoms with Crippen molar-refractivity contribution in [2.45, 2.75) is 19.4 Å². The Morgan fingerprint density at radius 2 is 2.00 bits per heavy atom. The monoisotopic (exact) mass is 508 g/mol. The molecule has 1 amide bonds. The molecule has 2 aromatic heterocycles. The maximum atomic E-state index is 14.8. The number of nitrogens with one attached hydrogen (secondary N) is 1. The van der Waals surface area contributed by atoms with E-state index in [1.807, 2.05) is 0 Å². The van der Waals surface area contributed by atoms with Crippen LogP contribution >= 0.6 is 7.14 Å². The van der Waals surface area contributed by atoms with E-state index in [0.717, 1.165) is 6.07 Å². The van der Waals surface area contributed by atoms with Crippen LogP contribution in [0, 0.1) is 12.7 Å². The molecule has 4 rings (SSSR count). The van der Waals surface area contributed by atoms with Crippen molar-refractivity contribution >= 4 is 35.4 Å². The van der Waals surface area contributed by atoms with Crippen LogP contribution in [0.1, 0.15) is 17.0 Å². The molecule has 13 heteroatoms. The number of alkyl halides is 2. The number of carboxylic acid groups (broad SMARTS) is 1. The number of pyridine rings is 1. The highest BCUT2D eigenvalue weighted by atomic mass is 31.2. The zero-order valence-corrected chi connectivity index (χ0v) is 19.7. The van der Waals surface area contributed by atoms with E-state index in [4.69, 9.17) is 10.8 Å². The van der Waals surface area contributed by atoms with E-state index in [2.05, 4.69) is 20.3 Å². The van der Waals surface area contributed by atoms with Gasteiger partial charge in [0.05, 0.1) is 23.8 Å². The average molecular weight is 508 g/mol. The summed E-state index contributed by atoms with van der Waals surface area (Å²) in [6.45, 7) is 0.784. The topological polar surface area (TPSA) is 134 Å². The lowest BCUT2D eigenvalue weighted by atomic mass is 10.0. The molecule has 4 N–H and O–H groups in total. The molecule has 0 atom stereocenters. The van der Waals surface area contributed by atoms with Crippen LogP contribution in [-0.4, -0.2) is 63.0 Å². The molecule has 0 unspecified atom stereocenters. The van der Waals surface area contributed by atoms with Gasteiger partial charge < -0.3 is 25.6 Å². The Hall–Kier alpha value is -3.24. The van der Waals surface area contributed by atoms with Gasteiger partial charge in [-0.25, -0.2) is 19.2 Å². The summed E-state index contributed by atoms with van der Waals surface area (Å²) in [6.07, 6.45) is 0.747. The van der Waals surface area contributed by atoms with Gasteiger partial charge in [-0.2, -0.15) is 8.78 Å². The Labute approximate surface area is 198 Å². The number of rotatable bonds is 6. The van der Waals surface area contributed by atoms with Crippen LogP contribution in [0.4, 0.5) is 23.8 Å². The lowest BCUT2D eigenvalue weighted by Crippen LogP contribution is -2.40. The first-order valence-electron chi connectivity index (χ1n) is 10.8. The number of aromatic nitrogens is 3. The maximum Gasteiger partial charge on any atom is 0.407 e. The number of carbonyl (C=O) groups is 1. The predicted octanol–water partition coefficient (Wildman–Crippen LogP) is 3.12. The Balaban J connectivity index is 1.65. The standard InChI is InChI=1S/C22H24F3N6O3P/c1-13-29-17-11-27-18(35(34)7-5-31(6-8-35)21(32)33)9-15(17)20(30-13)28-10-14-3-2-4-16(19(14)23)22(24,25)12-26/h2-4,9,11H,5-8,10,12,26H2,1H3,(H,32,33)(H,28,29,30). The highest BCUT2D eigenvalue weighted by Gasteiger charge is 2.35. The first kappa shape index (κ1) is 24.9. The van der Waals surface area contributed by atoms with Gasteiger partial charge in [0.25, 0.3) is 5.92 Å². The third-order valence-corrected chi connectivity index (χ3v) is 8.93. The molecule has 0 aliphatic carbocycles. The third kappa shape index (κ3) is 4.94.